The molecule has 1 aliphatic heterocycles. The summed E-state index contributed by atoms with van der Waals surface area (Å²) < 4.78 is 6.03. The van der Waals surface area contributed by atoms with Crippen molar-refractivity contribution in [1.82, 2.24) is 0 Å². The molecule has 0 aromatic heterocycles. The monoisotopic (exact) mass is 313 g/mol. The van der Waals surface area contributed by atoms with Gasteiger partial charge in [0.25, 0.3) is 0 Å². The summed E-state index contributed by atoms with van der Waals surface area (Å²) in [6.45, 7) is 1.02. The Balaban J connectivity index is 2.01. The van der Waals surface area contributed by atoms with E-state index >= 15 is 0 Å². The predicted octanol–water partition coefficient (Wildman–Crippen LogP) is 2.39. The molecule has 23 heavy (non-hydrogen) atoms. The minimum absolute atomic E-state index is 0.0520. The number of aromatic hydroxyl groups is 1. The quantitative estimate of drug-likeness (QED) is 0.885. The largest absolute Gasteiger partial charge is 0.870 e. The molecule has 0 amide bonds. The Labute approximate surface area is 137 Å². The molecule has 1 heterocycles. The number of benzene rings is 2. The summed E-state index contributed by atoms with van der Waals surface area (Å²) in [6, 6.07) is 11.2. The van der Waals surface area contributed by atoms with E-state index in [9.17, 15) is 10.2 Å². The topological polar surface area (TPSA) is 52.5 Å². The van der Waals surface area contributed by atoms with Gasteiger partial charge in [-0.3, -0.25) is 0 Å². The Hall–Kier alpha value is -2.20. The van der Waals surface area contributed by atoms with Crippen molar-refractivity contribution in [1.29, 1.82) is 0 Å². The lowest BCUT2D eigenvalue weighted by atomic mass is 9.87. The summed E-state index contributed by atoms with van der Waals surface area (Å²) >= 11 is 0. The maximum atomic E-state index is 12.2. The van der Waals surface area contributed by atoms with Gasteiger partial charge in [0.1, 0.15) is 17.5 Å². The molecule has 4 nitrogen and oxygen atoms in total. The molecule has 0 fully saturated rings. The van der Waals surface area contributed by atoms with Crippen molar-refractivity contribution in [3.8, 4) is 17.2 Å². The van der Waals surface area contributed by atoms with E-state index in [0.717, 1.165) is 35.0 Å². The molecule has 2 aromatic rings. The van der Waals surface area contributed by atoms with E-state index in [1.807, 2.05) is 18.2 Å². The van der Waals surface area contributed by atoms with Gasteiger partial charge < -0.3 is 19.4 Å². The van der Waals surface area contributed by atoms with Crippen LogP contribution < -0.4 is 9.84 Å². The van der Waals surface area contributed by atoms with Gasteiger partial charge in [0.05, 0.1) is 27.7 Å². The summed E-state index contributed by atoms with van der Waals surface area (Å²) in [4.78, 5) is 0. The van der Waals surface area contributed by atoms with E-state index in [1.165, 1.54) is 5.56 Å². The molecule has 0 aliphatic carbocycles. The van der Waals surface area contributed by atoms with Crippen LogP contribution in [0.1, 0.15) is 22.7 Å². The van der Waals surface area contributed by atoms with Crippen LogP contribution in [-0.4, -0.2) is 37.3 Å². The Bertz CT molecular complexity index is 707. The number of hydrogen-bond acceptors (Lipinski definition) is 3. The Kier molecular flexibility index (Phi) is 3.94. The molecule has 3 rings (SSSR count). The van der Waals surface area contributed by atoms with E-state index in [-0.39, 0.29) is 17.5 Å². The molecule has 0 bridgehead atoms. The van der Waals surface area contributed by atoms with E-state index in [1.54, 1.807) is 25.3 Å². The number of phenols is 1. The fourth-order valence-electron chi connectivity index (χ4n) is 3.46. The molecule has 122 valence electrons. The molecule has 1 N–H and O–H groups in total. The van der Waals surface area contributed by atoms with Gasteiger partial charge in [-0.15, -0.1) is 0 Å². The van der Waals surface area contributed by atoms with Crippen molar-refractivity contribution in [2.24, 2.45) is 0 Å². The van der Waals surface area contributed by atoms with E-state index in [2.05, 4.69) is 14.1 Å². The van der Waals surface area contributed by atoms with Gasteiger partial charge >= 0.3 is 0 Å². The highest BCUT2D eigenvalue weighted by atomic mass is 16.5. The molecule has 1 atom stereocenters. The van der Waals surface area contributed by atoms with E-state index < -0.39 is 0 Å². The first-order valence-electron chi connectivity index (χ1n) is 7.89. The van der Waals surface area contributed by atoms with E-state index in [0.29, 0.717) is 5.75 Å². The third-order valence-electron chi connectivity index (χ3n) is 4.95. The number of ether oxygens (including phenoxy) is 1. The molecule has 4 heteroatoms. The standard InChI is InChI=1S/C19H23NO3/c1-20(2)9-8-14-11-19(23-3)18(22)12-16(14)17(20)10-13-4-6-15(21)7-5-13/h4-7,11-12,17H,8-10H2,1-3H3,(H-,21,22). The summed E-state index contributed by atoms with van der Waals surface area (Å²) in [5.41, 5.74) is 3.50. The van der Waals surface area contributed by atoms with Gasteiger partial charge in [-0.25, -0.2) is 0 Å². The Morgan fingerprint density at radius 3 is 2.57 bits per heavy atom. The first-order valence-corrected chi connectivity index (χ1v) is 7.89. The Morgan fingerprint density at radius 1 is 1.22 bits per heavy atom. The number of hydrogen-bond donors (Lipinski definition) is 1. The number of nitrogens with zero attached hydrogens (tertiary/aromatic N) is 1. The maximum Gasteiger partial charge on any atom is 0.119 e. The average molecular weight is 313 g/mol. The third kappa shape index (κ3) is 2.99. The van der Waals surface area contributed by atoms with Crippen molar-refractivity contribution in [3.05, 3.63) is 53.1 Å². The lowest BCUT2D eigenvalue weighted by Gasteiger charge is -2.43. The molecule has 1 unspecified atom stereocenters. The number of likely N-dealkylation sites (N-methyl/N-ethyl adjacent to an activating group) is 1. The van der Waals surface area contributed by atoms with Crippen LogP contribution in [0.5, 0.6) is 17.2 Å². The second kappa shape index (κ2) is 5.78. The normalized spacial score (nSPS) is 19.2. The number of fused-ring (bicyclic) bond motifs is 1. The van der Waals surface area contributed by atoms with Crippen LogP contribution in [0.25, 0.3) is 0 Å². The summed E-state index contributed by atoms with van der Waals surface area (Å²) in [5, 5.41) is 21.7. The van der Waals surface area contributed by atoms with Crippen LogP contribution in [0.3, 0.4) is 0 Å². The fraction of sp³-hybridized carbons (Fsp3) is 0.368. The van der Waals surface area contributed by atoms with Gasteiger partial charge in [0.15, 0.2) is 0 Å². The number of methoxy groups -OCH3 is 1. The summed E-state index contributed by atoms with van der Waals surface area (Å²) in [5.74, 6) is 0.654. The summed E-state index contributed by atoms with van der Waals surface area (Å²) in [7, 11) is 5.96. The molecule has 0 saturated carbocycles. The van der Waals surface area contributed by atoms with Crippen molar-refractivity contribution in [2.45, 2.75) is 18.9 Å². The second-order valence-corrected chi connectivity index (χ2v) is 6.84. The van der Waals surface area contributed by atoms with Crippen molar-refractivity contribution in [3.63, 3.8) is 0 Å². The van der Waals surface area contributed by atoms with Crippen molar-refractivity contribution in [2.75, 3.05) is 27.7 Å². The SMILES string of the molecule is COc1cc2c(cc1[O-])C(Cc1ccc(O)cc1)[N+](C)(C)CC2. The highest BCUT2D eigenvalue weighted by molar-refractivity contribution is 5.47. The predicted molar refractivity (Wildman–Crippen MR) is 87.7 cm³/mol. The van der Waals surface area contributed by atoms with Crippen molar-refractivity contribution >= 4 is 0 Å². The first-order chi connectivity index (χ1) is 10.9. The average Bonchev–Trinajstić information content (AvgIpc) is 2.52. The zero-order valence-electron chi connectivity index (χ0n) is 13.9. The number of rotatable bonds is 3. The Morgan fingerprint density at radius 2 is 1.91 bits per heavy atom. The lowest BCUT2D eigenvalue weighted by molar-refractivity contribution is -0.923. The minimum Gasteiger partial charge on any atom is -0.870 e. The molecule has 0 spiro atoms. The van der Waals surface area contributed by atoms with Crippen LogP contribution in [0.4, 0.5) is 0 Å². The van der Waals surface area contributed by atoms with Crippen LogP contribution in [0.15, 0.2) is 36.4 Å². The molecular formula is C19H23NO3. The number of quaternary nitrogens is 1. The summed E-state index contributed by atoms with van der Waals surface area (Å²) in [6.07, 6.45) is 1.79. The van der Waals surface area contributed by atoms with Gasteiger partial charge in [-0.2, -0.15) is 0 Å². The van der Waals surface area contributed by atoms with Gasteiger partial charge in [0, 0.05) is 18.4 Å². The smallest absolute Gasteiger partial charge is 0.119 e. The minimum atomic E-state index is -0.0520. The molecular weight excluding hydrogens is 290 g/mol. The molecule has 2 aromatic carbocycles. The molecule has 0 radical (unpaired) electrons. The van der Waals surface area contributed by atoms with Gasteiger partial charge in [0.2, 0.25) is 0 Å². The van der Waals surface area contributed by atoms with Crippen LogP contribution in [0.2, 0.25) is 0 Å². The first kappa shape index (κ1) is 15.7. The van der Waals surface area contributed by atoms with Crippen LogP contribution >= 0.6 is 0 Å². The maximum absolute atomic E-state index is 12.2. The van der Waals surface area contributed by atoms with Crippen LogP contribution in [-0.2, 0) is 12.8 Å². The molecule has 0 saturated heterocycles. The van der Waals surface area contributed by atoms with Crippen LogP contribution in [0, 0.1) is 0 Å². The van der Waals surface area contributed by atoms with Crippen molar-refractivity contribution < 1.29 is 19.4 Å². The number of phenolic OH excluding ortho intramolecular Hbond substituents is 1. The van der Waals surface area contributed by atoms with E-state index in [4.69, 9.17) is 4.74 Å². The van der Waals surface area contributed by atoms with Gasteiger partial charge in [-0.05, 0) is 29.3 Å². The third-order valence-corrected chi connectivity index (χ3v) is 4.95. The lowest BCUT2D eigenvalue weighted by Crippen LogP contribution is -2.48. The zero-order chi connectivity index (χ0) is 16.6. The zero-order valence-corrected chi connectivity index (χ0v) is 13.9. The fourth-order valence-corrected chi connectivity index (χ4v) is 3.46. The highest BCUT2D eigenvalue weighted by Crippen LogP contribution is 2.40. The highest BCUT2D eigenvalue weighted by Gasteiger charge is 2.36. The van der Waals surface area contributed by atoms with Gasteiger partial charge in [-0.1, -0.05) is 23.9 Å². The second-order valence-electron chi connectivity index (χ2n) is 6.84. The molecule has 1 aliphatic rings.